The second-order valence-corrected chi connectivity index (χ2v) is 4.26. The number of aryl methyl sites for hydroxylation is 1. The first-order chi connectivity index (χ1) is 7.69. The van der Waals surface area contributed by atoms with Crippen molar-refractivity contribution in [2.45, 2.75) is 19.4 Å². The number of aliphatic hydroxyl groups is 1. The van der Waals surface area contributed by atoms with Crippen molar-refractivity contribution in [3.63, 3.8) is 0 Å². The van der Waals surface area contributed by atoms with Crippen LogP contribution < -0.4 is 11.1 Å². The number of halogens is 1. The molecule has 4 heteroatoms. The van der Waals surface area contributed by atoms with Crippen molar-refractivity contribution in [2.24, 2.45) is 5.73 Å². The normalized spacial score (nSPS) is 12.8. The number of hydrogen-bond donors (Lipinski definition) is 3. The molecule has 1 aromatic carbocycles. The van der Waals surface area contributed by atoms with Crippen molar-refractivity contribution in [1.82, 2.24) is 5.32 Å². The lowest BCUT2D eigenvalue weighted by molar-refractivity contribution is 0.283. The lowest BCUT2D eigenvalue weighted by atomic mass is 10.0. The Hall–Kier alpha value is -0.610. The van der Waals surface area contributed by atoms with Crippen LogP contribution in [0.1, 0.15) is 23.6 Å². The number of hydrogen-bond acceptors (Lipinski definition) is 3. The summed E-state index contributed by atoms with van der Waals surface area (Å²) in [5.41, 5.74) is 8.05. The van der Waals surface area contributed by atoms with Crippen LogP contribution in [0.25, 0.3) is 0 Å². The summed E-state index contributed by atoms with van der Waals surface area (Å²) in [7, 11) is 0. The number of benzene rings is 1. The van der Waals surface area contributed by atoms with Gasteiger partial charge in [-0.05, 0) is 43.1 Å². The molecule has 0 bridgehead atoms. The average Bonchev–Trinajstić information content (AvgIpc) is 2.26. The fourth-order valence-corrected chi connectivity index (χ4v) is 1.93. The highest BCUT2D eigenvalue weighted by atomic mass is 35.5. The van der Waals surface area contributed by atoms with Crippen LogP contribution in [0.5, 0.6) is 0 Å². The number of rotatable bonds is 6. The summed E-state index contributed by atoms with van der Waals surface area (Å²) in [6, 6.07) is 5.94. The Morgan fingerprint density at radius 3 is 2.81 bits per heavy atom. The molecule has 4 N–H and O–H groups in total. The van der Waals surface area contributed by atoms with Gasteiger partial charge in [-0.15, -0.1) is 0 Å². The van der Waals surface area contributed by atoms with E-state index in [4.69, 9.17) is 22.4 Å². The molecule has 0 radical (unpaired) electrons. The van der Waals surface area contributed by atoms with Crippen LogP contribution in [0, 0.1) is 6.92 Å². The summed E-state index contributed by atoms with van der Waals surface area (Å²) in [5.74, 6) is 0. The van der Waals surface area contributed by atoms with Gasteiger partial charge in [-0.1, -0.05) is 17.7 Å². The largest absolute Gasteiger partial charge is 0.396 e. The molecule has 1 atom stereocenters. The van der Waals surface area contributed by atoms with Crippen molar-refractivity contribution in [1.29, 1.82) is 0 Å². The maximum absolute atomic E-state index is 8.72. The Morgan fingerprint density at radius 2 is 2.25 bits per heavy atom. The summed E-state index contributed by atoms with van der Waals surface area (Å²) in [5, 5.41) is 12.8. The summed E-state index contributed by atoms with van der Waals surface area (Å²) in [6.45, 7) is 3.52. The van der Waals surface area contributed by atoms with Crippen molar-refractivity contribution in [3.8, 4) is 0 Å². The van der Waals surface area contributed by atoms with Gasteiger partial charge in [0.15, 0.2) is 0 Å². The number of nitrogens with one attached hydrogen (secondary N) is 1. The Bertz CT molecular complexity index is 331. The predicted octanol–water partition coefficient (Wildman–Crippen LogP) is 1.62. The SMILES string of the molecule is Cc1cc(Cl)ccc1C(CN)NCCCO. The highest BCUT2D eigenvalue weighted by Crippen LogP contribution is 2.20. The zero-order chi connectivity index (χ0) is 12.0. The monoisotopic (exact) mass is 242 g/mol. The first-order valence-electron chi connectivity index (χ1n) is 5.49. The quantitative estimate of drug-likeness (QED) is 0.665. The van der Waals surface area contributed by atoms with Crippen LogP contribution >= 0.6 is 11.6 Å². The van der Waals surface area contributed by atoms with E-state index in [1.165, 1.54) is 5.56 Å². The third kappa shape index (κ3) is 3.76. The molecule has 3 nitrogen and oxygen atoms in total. The molecule has 16 heavy (non-hydrogen) atoms. The molecular weight excluding hydrogens is 224 g/mol. The predicted molar refractivity (Wildman–Crippen MR) is 67.7 cm³/mol. The zero-order valence-electron chi connectivity index (χ0n) is 9.54. The van der Waals surface area contributed by atoms with Crippen LogP contribution in [0.4, 0.5) is 0 Å². The zero-order valence-corrected chi connectivity index (χ0v) is 10.3. The minimum atomic E-state index is 0.129. The highest BCUT2D eigenvalue weighted by molar-refractivity contribution is 6.30. The van der Waals surface area contributed by atoms with Crippen molar-refractivity contribution in [3.05, 3.63) is 34.3 Å². The van der Waals surface area contributed by atoms with Crippen LogP contribution in [-0.4, -0.2) is 24.8 Å². The molecule has 0 saturated carbocycles. The minimum absolute atomic E-state index is 0.129. The van der Waals surface area contributed by atoms with Gasteiger partial charge in [0.2, 0.25) is 0 Å². The van der Waals surface area contributed by atoms with E-state index < -0.39 is 0 Å². The van der Waals surface area contributed by atoms with Crippen LogP contribution in [0.3, 0.4) is 0 Å². The maximum Gasteiger partial charge on any atom is 0.0447 e. The summed E-state index contributed by atoms with van der Waals surface area (Å²) in [4.78, 5) is 0. The van der Waals surface area contributed by atoms with Crippen LogP contribution in [0.2, 0.25) is 5.02 Å². The van der Waals surface area contributed by atoms with Crippen LogP contribution in [0.15, 0.2) is 18.2 Å². The van der Waals surface area contributed by atoms with Crippen molar-refractivity contribution in [2.75, 3.05) is 19.7 Å². The lowest BCUT2D eigenvalue weighted by Gasteiger charge is -2.19. The van der Waals surface area contributed by atoms with Gasteiger partial charge in [-0.25, -0.2) is 0 Å². The molecule has 90 valence electrons. The highest BCUT2D eigenvalue weighted by Gasteiger charge is 2.11. The van der Waals surface area contributed by atoms with Gasteiger partial charge < -0.3 is 16.2 Å². The summed E-state index contributed by atoms with van der Waals surface area (Å²) < 4.78 is 0. The molecule has 0 aliphatic rings. The van der Waals surface area contributed by atoms with E-state index in [0.717, 1.165) is 23.6 Å². The Labute approximate surface area is 102 Å². The van der Waals surface area contributed by atoms with Gasteiger partial charge in [0, 0.05) is 24.2 Å². The van der Waals surface area contributed by atoms with Gasteiger partial charge in [-0.2, -0.15) is 0 Å². The molecule has 0 aromatic heterocycles. The van der Waals surface area contributed by atoms with Gasteiger partial charge in [0.25, 0.3) is 0 Å². The molecule has 1 unspecified atom stereocenters. The Morgan fingerprint density at radius 1 is 1.50 bits per heavy atom. The third-order valence-electron chi connectivity index (χ3n) is 2.57. The van der Waals surface area contributed by atoms with Gasteiger partial charge in [-0.3, -0.25) is 0 Å². The molecule has 1 rings (SSSR count). The van der Waals surface area contributed by atoms with E-state index in [1.807, 2.05) is 25.1 Å². The second kappa shape index (κ2) is 6.86. The molecule has 0 aliphatic heterocycles. The molecule has 0 heterocycles. The first kappa shape index (κ1) is 13.5. The van der Waals surface area contributed by atoms with Crippen LogP contribution in [-0.2, 0) is 0 Å². The fourth-order valence-electron chi connectivity index (χ4n) is 1.71. The molecule has 0 fully saturated rings. The third-order valence-corrected chi connectivity index (χ3v) is 2.80. The van der Waals surface area contributed by atoms with Gasteiger partial charge in [0.05, 0.1) is 0 Å². The standard InChI is InChI=1S/C12H19ClN2O/c1-9-7-10(13)3-4-11(9)12(8-14)15-5-2-6-16/h3-4,7,12,15-16H,2,5-6,8,14H2,1H3. The topological polar surface area (TPSA) is 58.3 Å². The van der Waals surface area contributed by atoms with Gasteiger partial charge in [0.1, 0.15) is 0 Å². The van der Waals surface area contributed by atoms with E-state index in [0.29, 0.717) is 6.54 Å². The summed E-state index contributed by atoms with van der Waals surface area (Å²) >= 11 is 5.91. The summed E-state index contributed by atoms with van der Waals surface area (Å²) in [6.07, 6.45) is 0.739. The molecule has 1 aromatic rings. The lowest BCUT2D eigenvalue weighted by Crippen LogP contribution is -2.29. The minimum Gasteiger partial charge on any atom is -0.396 e. The Kier molecular flexibility index (Phi) is 5.77. The van der Waals surface area contributed by atoms with E-state index >= 15 is 0 Å². The van der Waals surface area contributed by atoms with E-state index in [-0.39, 0.29) is 12.6 Å². The number of aliphatic hydroxyl groups excluding tert-OH is 1. The van der Waals surface area contributed by atoms with E-state index in [2.05, 4.69) is 5.32 Å². The first-order valence-corrected chi connectivity index (χ1v) is 5.87. The van der Waals surface area contributed by atoms with Gasteiger partial charge >= 0.3 is 0 Å². The average molecular weight is 243 g/mol. The maximum atomic E-state index is 8.72. The molecule has 0 aliphatic carbocycles. The van der Waals surface area contributed by atoms with Crippen molar-refractivity contribution >= 4 is 11.6 Å². The molecule has 0 spiro atoms. The van der Waals surface area contributed by atoms with E-state index in [1.54, 1.807) is 0 Å². The fraction of sp³-hybridized carbons (Fsp3) is 0.500. The smallest absolute Gasteiger partial charge is 0.0447 e. The van der Waals surface area contributed by atoms with Crippen molar-refractivity contribution < 1.29 is 5.11 Å². The molecule has 0 saturated heterocycles. The molecule has 0 amide bonds. The second-order valence-electron chi connectivity index (χ2n) is 3.82. The van der Waals surface area contributed by atoms with E-state index in [9.17, 15) is 0 Å². The Balaban J connectivity index is 2.70. The number of nitrogens with two attached hydrogens (primary N) is 1. The molecular formula is C12H19ClN2O.